The molecule has 0 aliphatic carbocycles. The van der Waals surface area contributed by atoms with Gasteiger partial charge in [-0.15, -0.1) is 24.0 Å². The van der Waals surface area contributed by atoms with Crippen LogP contribution in [0.1, 0.15) is 45.1 Å². The van der Waals surface area contributed by atoms with E-state index in [0.29, 0.717) is 5.92 Å². The molecule has 0 bridgehead atoms. The van der Waals surface area contributed by atoms with Crippen LogP contribution in [0.15, 0.2) is 21.8 Å². The summed E-state index contributed by atoms with van der Waals surface area (Å²) in [4.78, 5) is 4.64. The third kappa shape index (κ3) is 7.77. The first-order valence-electron chi connectivity index (χ1n) is 6.82. The Bertz CT molecular complexity index is 338. The molecular weight excluding hydrogens is 369 g/mol. The van der Waals surface area contributed by atoms with Crippen molar-refractivity contribution in [3.05, 3.63) is 22.4 Å². The summed E-state index contributed by atoms with van der Waals surface area (Å²) in [5, 5.41) is 11.0. The molecule has 0 amide bonds. The molecule has 1 rings (SSSR count). The Labute approximate surface area is 138 Å². The van der Waals surface area contributed by atoms with E-state index in [9.17, 15) is 0 Å². The van der Waals surface area contributed by atoms with Crippen LogP contribution in [0.4, 0.5) is 0 Å². The zero-order valence-corrected chi connectivity index (χ0v) is 15.3. The molecule has 0 aliphatic rings. The van der Waals surface area contributed by atoms with Gasteiger partial charge in [0.05, 0.1) is 0 Å². The topological polar surface area (TPSA) is 36.4 Å². The summed E-state index contributed by atoms with van der Waals surface area (Å²) in [6, 6.07) is 2.18. The third-order valence-electron chi connectivity index (χ3n) is 2.80. The van der Waals surface area contributed by atoms with Crippen LogP contribution < -0.4 is 10.6 Å². The van der Waals surface area contributed by atoms with Crippen molar-refractivity contribution < 1.29 is 0 Å². The number of rotatable bonds is 7. The number of thiophene rings is 1. The van der Waals surface area contributed by atoms with Gasteiger partial charge in [0.1, 0.15) is 0 Å². The number of aliphatic imine (C=N–C) groups is 1. The van der Waals surface area contributed by atoms with Crippen LogP contribution in [0.3, 0.4) is 0 Å². The van der Waals surface area contributed by atoms with Crippen LogP contribution in [0, 0.1) is 0 Å². The van der Waals surface area contributed by atoms with E-state index >= 15 is 0 Å². The first-order valence-corrected chi connectivity index (χ1v) is 7.76. The molecule has 19 heavy (non-hydrogen) atoms. The average molecular weight is 395 g/mol. The lowest BCUT2D eigenvalue weighted by atomic mass is 10.1. The number of hydrogen-bond donors (Lipinski definition) is 2. The van der Waals surface area contributed by atoms with Gasteiger partial charge < -0.3 is 10.6 Å². The van der Waals surface area contributed by atoms with E-state index in [1.54, 1.807) is 11.3 Å². The molecule has 0 aromatic carbocycles. The number of hydrogen-bond acceptors (Lipinski definition) is 2. The third-order valence-corrected chi connectivity index (χ3v) is 3.50. The van der Waals surface area contributed by atoms with Gasteiger partial charge in [0.15, 0.2) is 5.96 Å². The Morgan fingerprint density at radius 3 is 2.74 bits per heavy atom. The molecule has 2 N–H and O–H groups in total. The van der Waals surface area contributed by atoms with Gasteiger partial charge in [0.25, 0.3) is 0 Å². The Hall–Kier alpha value is -0.300. The van der Waals surface area contributed by atoms with E-state index in [1.165, 1.54) is 18.4 Å². The van der Waals surface area contributed by atoms with E-state index in [2.05, 4.69) is 53.2 Å². The highest BCUT2D eigenvalue weighted by molar-refractivity contribution is 14.0. The molecule has 3 nitrogen and oxygen atoms in total. The molecule has 1 heterocycles. The summed E-state index contributed by atoms with van der Waals surface area (Å²) in [7, 11) is 0. The molecule has 1 aromatic heterocycles. The first kappa shape index (κ1) is 18.7. The summed E-state index contributed by atoms with van der Waals surface area (Å²) in [5.41, 5.74) is 1.38. The van der Waals surface area contributed by atoms with Crippen molar-refractivity contribution in [3.8, 4) is 0 Å². The van der Waals surface area contributed by atoms with Crippen LogP contribution in [0.2, 0.25) is 0 Å². The Balaban J connectivity index is 0.00000324. The highest BCUT2D eigenvalue weighted by Crippen LogP contribution is 2.18. The van der Waals surface area contributed by atoms with Gasteiger partial charge in [0, 0.05) is 25.6 Å². The summed E-state index contributed by atoms with van der Waals surface area (Å²) in [6.45, 7) is 9.25. The van der Waals surface area contributed by atoms with Gasteiger partial charge in [-0.05, 0) is 35.7 Å². The lowest BCUT2D eigenvalue weighted by molar-refractivity contribution is 0.717. The summed E-state index contributed by atoms with van der Waals surface area (Å²) in [5.74, 6) is 1.42. The Morgan fingerprint density at radius 1 is 1.37 bits per heavy atom. The smallest absolute Gasteiger partial charge is 0.191 e. The minimum atomic E-state index is 0. The van der Waals surface area contributed by atoms with E-state index in [4.69, 9.17) is 0 Å². The second-order valence-electron chi connectivity index (χ2n) is 4.46. The van der Waals surface area contributed by atoms with E-state index in [-0.39, 0.29) is 24.0 Å². The monoisotopic (exact) mass is 395 g/mol. The minimum Gasteiger partial charge on any atom is -0.357 e. The lowest BCUT2D eigenvalue weighted by Gasteiger charge is -2.12. The molecule has 0 saturated heterocycles. The number of nitrogens with one attached hydrogen (secondary N) is 2. The first-order chi connectivity index (χ1) is 8.77. The van der Waals surface area contributed by atoms with Crippen molar-refractivity contribution in [2.24, 2.45) is 4.99 Å². The van der Waals surface area contributed by atoms with E-state index in [1.807, 2.05) is 0 Å². The fourth-order valence-corrected chi connectivity index (χ4v) is 2.40. The minimum absolute atomic E-state index is 0. The predicted octanol–water partition coefficient (Wildman–Crippen LogP) is 3.82. The van der Waals surface area contributed by atoms with Crippen molar-refractivity contribution in [1.29, 1.82) is 0 Å². The van der Waals surface area contributed by atoms with Gasteiger partial charge in [-0.2, -0.15) is 11.3 Å². The standard InChI is InChI=1S/C14H25N3S.HI/c1-4-6-8-16-14(15-5-2)17-10-12(3)13-7-9-18-11-13;/h7,9,11-12H,4-6,8,10H2,1-3H3,(H2,15,16,17);1H. The quantitative estimate of drug-likeness (QED) is 0.319. The average Bonchev–Trinajstić information content (AvgIpc) is 2.89. The molecule has 1 unspecified atom stereocenters. The van der Waals surface area contributed by atoms with Gasteiger partial charge in [-0.1, -0.05) is 20.3 Å². The van der Waals surface area contributed by atoms with Crippen molar-refractivity contribution in [1.82, 2.24) is 10.6 Å². The highest BCUT2D eigenvalue weighted by atomic mass is 127. The van der Waals surface area contributed by atoms with Crippen molar-refractivity contribution in [3.63, 3.8) is 0 Å². The molecule has 0 spiro atoms. The summed E-state index contributed by atoms with van der Waals surface area (Å²) in [6.07, 6.45) is 2.39. The number of guanidine groups is 1. The fourth-order valence-electron chi connectivity index (χ4n) is 1.61. The zero-order valence-electron chi connectivity index (χ0n) is 12.1. The highest BCUT2D eigenvalue weighted by Gasteiger charge is 2.05. The van der Waals surface area contributed by atoms with E-state index in [0.717, 1.165) is 25.6 Å². The number of unbranched alkanes of at least 4 members (excludes halogenated alkanes) is 1. The molecule has 0 saturated carbocycles. The number of nitrogens with zero attached hydrogens (tertiary/aromatic N) is 1. The second-order valence-corrected chi connectivity index (χ2v) is 5.24. The molecule has 110 valence electrons. The van der Waals surface area contributed by atoms with Gasteiger partial charge in [0.2, 0.25) is 0 Å². The fraction of sp³-hybridized carbons (Fsp3) is 0.643. The van der Waals surface area contributed by atoms with Crippen LogP contribution in [-0.4, -0.2) is 25.6 Å². The van der Waals surface area contributed by atoms with Crippen molar-refractivity contribution in [2.45, 2.75) is 39.5 Å². The van der Waals surface area contributed by atoms with Crippen LogP contribution in [-0.2, 0) is 0 Å². The maximum Gasteiger partial charge on any atom is 0.191 e. The Kier molecular flexibility index (Phi) is 11.3. The van der Waals surface area contributed by atoms with Crippen molar-refractivity contribution in [2.75, 3.05) is 19.6 Å². The molecule has 0 radical (unpaired) electrons. The maximum atomic E-state index is 4.64. The van der Waals surface area contributed by atoms with E-state index < -0.39 is 0 Å². The molecule has 0 aliphatic heterocycles. The van der Waals surface area contributed by atoms with Gasteiger partial charge >= 0.3 is 0 Å². The second kappa shape index (κ2) is 11.5. The van der Waals surface area contributed by atoms with Gasteiger partial charge in [-0.25, -0.2) is 0 Å². The SMILES string of the molecule is CCCCNC(=NCC(C)c1ccsc1)NCC.I. The maximum absolute atomic E-state index is 4.64. The van der Waals surface area contributed by atoms with Crippen molar-refractivity contribution >= 4 is 41.3 Å². The molecule has 1 aromatic rings. The normalized spacial score (nSPS) is 12.7. The van der Waals surface area contributed by atoms with Crippen LogP contribution in [0.5, 0.6) is 0 Å². The molecule has 5 heteroatoms. The van der Waals surface area contributed by atoms with Gasteiger partial charge in [-0.3, -0.25) is 4.99 Å². The molecule has 1 atom stereocenters. The lowest BCUT2D eigenvalue weighted by Crippen LogP contribution is -2.38. The van der Waals surface area contributed by atoms with Crippen LogP contribution in [0.25, 0.3) is 0 Å². The van der Waals surface area contributed by atoms with Crippen LogP contribution >= 0.6 is 35.3 Å². The zero-order chi connectivity index (χ0) is 13.2. The largest absolute Gasteiger partial charge is 0.357 e. The predicted molar refractivity (Wildman–Crippen MR) is 97.0 cm³/mol. The number of halogens is 1. The molecule has 0 fully saturated rings. The molecular formula is C14H26IN3S. The Morgan fingerprint density at radius 2 is 2.16 bits per heavy atom. The summed E-state index contributed by atoms with van der Waals surface area (Å²) < 4.78 is 0. The summed E-state index contributed by atoms with van der Waals surface area (Å²) >= 11 is 1.75.